The molecule has 0 saturated carbocycles. The number of urea groups is 1. The molecule has 136 valence electrons. The average molecular weight is 329 g/mol. The molecule has 1 aliphatic rings. The van der Waals surface area contributed by atoms with Gasteiger partial charge in [-0.25, -0.2) is 4.79 Å². The number of nitrogens with one attached hydrogen (secondary N) is 2. The molecule has 0 aromatic heterocycles. The fourth-order valence-electron chi connectivity index (χ4n) is 2.66. The van der Waals surface area contributed by atoms with E-state index in [9.17, 15) is 9.90 Å². The van der Waals surface area contributed by atoms with Crippen LogP contribution < -0.4 is 10.6 Å². The first-order chi connectivity index (χ1) is 10.6. The van der Waals surface area contributed by atoms with Crippen molar-refractivity contribution in [2.24, 2.45) is 11.8 Å². The van der Waals surface area contributed by atoms with Gasteiger partial charge in [-0.15, -0.1) is 0 Å². The van der Waals surface area contributed by atoms with Crippen LogP contribution in [0.1, 0.15) is 34.6 Å². The summed E-state index contributed by atoms with van der Waals surface area (Å²) in [4.78, 5) is 16.8. The number of likely N-dealkylation sites (N-methyl/N-ethyl adjacent to an activating group) is 1. The Labute approximate surface area is 141 Å². The average Bonchev–Trinajstić information content (AvgIpc) is 2.46. The lowest BCUT2D eigenvalue weighted by Crippen LogP contribution is -2.55. The number of amides is 2. The molecule has 2 amide bonds. The largest absolute Gasteiger partial charge is 0.388 e. The Hall–Kier alpha value is -0.850. The number of rotatable bonds is 7. The molecule has 0 spiro atoms. The summed E-state index contributed by atoms with van der Waals surface area (Å²) >= 11 is 0. The first-order valence-corrected chi connectivity index (χ1v) is 8.80. The Morgan fingerprint density at radius 3 is 2.17 bits per heavy atom. The van der Waals surface area contributed by atoms with E-state index in [0.29, 0.717) is 18.5 Å². The van der Waals surface area contributed by atoms with E-state index in [0.717, 1.165) is 26.2 Å². The molecule has 2 atom stereocenters. The Balaban J connectivity index is 2.41. The SMILES string of the molecule is CC(C)C(CNC(=O)NCC(C)(O)C(C)C)N1CCN(C)CC1. The molecular formula is C17H36N4O2. The van der Waals surface area contributed by atoms with Crippen molar-refractivity contribution in [3.05, 3.63) is 0 Å². The minimum absolute atomic E-state index is 0.0940. The highest BCUT2D eigenvalue weighted by molar-refractivity contribution is 5.73. The van der Waals surface area contributed by atoms with E-state index in [-0.39, 0.29) is 18.5 Å². The molecule has 23 heavy (non-hydrogen) atoms. The zero-order valence-electron chi connectivity index (χ0n) is 15.7. The lowest BCUT2D eigenvalue weighted by molar-refractivity contribution is 0.0165. The summed E-state index contributed by atoms with van der Waals surface area (Å²) in [6, 6.07) is 0.144. The Kier molecular flexibility index (Phi) is 7.77. The zero-order valence-corrected chi connectivity index (χ0v) is 15.7. The summed E-state index contributed by atoms with van der Waals surface area (Å²) < 4.78 is 0. The molecule has 0 bridgehead atoms. The Morgan fingerprint density at radius 2 is 1.70 bits per heavy atom. The van der Waals surface area contributed by atoms with Crippen molar-refractivity contribution in [2.75, 3.05) is 46.3 Å². The highest BCUT2D eigenvalue weighted by Gasteiger charge is 2.27. The molecule has 1 fully saturated rings. The second kappa shape index (κ2) is 8.85. The van der Waals surface area contributed by atoms with E-state index in [4.69, 9.17) is 0 Å². The van der Waals surface area contributed by atoms with Crippen molar-refractivity contribution >= 4 is 6.03 Å². The van der Waals surface area contributed by atoms with Gasteiger partial charge in [-0.05, 0) is 25.8 Å². The van der Waals surface area contributed by atoms with Gasteiger partial charge in [0.05, 0.1) is 5.60 Å². The Bertz CT molecular complexity index is 364. The molecular weight excluding hydrogens is 292 g/mol. The van der Waals surface area contributed by atoms with Gasteiger partial charge in [0.25, 0.3) is 0 Å². The van der Waals surface area contributed by atoms with Crippen LogP contribution in [0.3, 0.4) is 0 Å². The van der Waals surface area contributed by atoms with Gasteiger partial charge < -0.3 is 20.6 Å². The number of aliphatic hydroxyl groups is 1. The van der Waals surface area contributed by atoms with E-state index >= 15 is 0 Å². The summed E-state index contributed by atoms with van der Waals surface area (Å²) in [5, 5.41) is 15.9. The van der Waals surface area contributed by atoms with E-state index < -0.39 is 5.60 Å². The predicted octanol–water partition coefficient (Wildman–Crippen LogP) is 0.965. The third-order valence-corrected chi connectivity index (χ3v) is 5.10. The molecule has 1 saturated heterocycles. The second-order valence-electron chi connectivity index (χ2n) is 7.73. The van der Waals surface area contributed by atoms with Crippen LogP contribution in [0, 0.1) is 11.8 Å². The quantitative estimate of drug-likeness (QED) is 0.651. The van der Waals surface area contributed by atoms with Crippen molar-refractivity contribution in [1.29, 1.82) is 0 Å². The lowest BCUT2D eigenvalue weighted by Gasteiger charge is -2.40. The molecule has 1 heterocycles. The number of carbonyl (C=O) groups is 1. The van der Waals surface area contributed by atoms with Gasteiger partial charge >= 0.3 is 6.03 Å². The normalized spacial score (nSPS) is 21.3. The monoisotopic (exact) mass is 328 g/mol. The lowest BCUT2D eigenvalue weighted by atomic mass is 9.93. The summed E-state index contributed by atoms with van der Waals surface area (Å²) in [5.74, 6) is 0.578. The van der Waals surface area contributed by atoms with Crippen LogP contribution in [0.5, 0.6) is 0 Å². The molecule has 6 heteroatoms. The number of nitrogens with zero attached hydrogens (tertiary/aromatic N) is 2. The maximum Gasteiger partial charge on any atom is 0.314 e. The van der Waals surface area contributed by atoms with Crippen LogP contribution in [0.2, 0.25) is 0 Å². The molecule has 0 aromatic carbocycles. The number of piperazine rings is 1. The van der Waals surface area contributed by atoms with E-state index in [1.54, 1.807) is 6.92 Å². The summed E-state index contributed by atoms with van der Waals surface area (Å²) in [6.45, 7) is 15.2. The smallest absolute Gasteiger partial charge is 0.314 e. The van der Waals surface area contributed by atoms with Crippen LogP contribution in [0.4, 0.5) is 4.79 Å². The molecule has 0 aliphatic carbocycles. The molecule has 1 aliphatic heterocycles. The van der Waals surface area contributed by atoms with Crippen molar-refractivity contribution in [3.8, 4) is 0 Å². The number of carbonyl (C=O) groups excluding carboxylic acids is 1. The van der Waals surface area contributed by atoms with Crippen LogP contribution in [-0.2, 0) is 0 Å². The van der Waals surface area contributed by atoms with E-state index in [1.165, 1.54) is 0 Å². The van der Waals surface area contributed by atoms with Crippen molar-refractivity contribution in [3.63, 3.8) is 0 Å². The van der Waals surface area contributed by atoms with Gasteiger partial charge in [-0.1, -0.05) is 27.7 Å². The van der Waals surface area contributed by atoms with Crippen molar-refractivity contribution in [2.45, 2.75) is 46.3 Å². The van der Waals surface area contributed by atoms with E-state index in [2.05, 4.69) is 41.3 Å². The standard InChI is InChI=1S/C17H36N4O2/c1-13(2)15(21-9-7-20(6)8-10-21)11-18-16(22)19-12-17(5,23)14(3)4/h13-15,23H,7-12H2,1-6H3,(H2,18,19,22). The fraction of sp³-hybridized carbons (Fsp3) is 0.941. The minimum Gasteiger partial charge on any atom is -0.388 e. The maximum atomic E-state index is 12.0. The maximum absolute atomic E-state index is 12.0. The number of hydrogen-bond acceptors (Lipinski definition) is 4. The second-order valence-corrected chi connectivity index (χ2v) is 7.73. The molecule has 0 radical (unpaired) electrons. The molecule has 3 N–H and O–H groups in total. The van der Waals surface area contributed by atoms with Crippen LogP contribution in [0.25, 0.3) is 0 Å². The molecule has 1 rings (SSSR count). The van der Waals surface area contributed by atoms with Gasteiger partial charge in [-0.2, -0.15) is 0 Å². The fourth-order valence-corrected chi connectivity index (χ4v) is 2.66. The third kappa shape index (κ3) is 6.65. The summed E-state index contributed by atoms with van der Waals surface area (Å²) in [5.41, 5.74) is -0.883. The predicted molar refractivity (Wildman–Crippen MR) is 94.6 cm³/mol. The molecule has 0 aromatic rings. The molecule has 2 unspecified atom stereocenters. The van der Waals surface area contributed by atoms with Gasteiger partial charge in [0, 0.05) is 45.3 Å². The van der Waals surface area contributed by atoms with Gasteiger partial charge in [0.2, 0.25) is 0 Å². The minimum atomic E-state index is -0.883. The topological polar surface area (TPSA) is 67.8 Å². The highest BCUT2D eigenvalue weighted by Crippen LogP contribution is 2.15. The van der Waals surface area contributed by atoms with Crippen molar-refractivity contribution in [1.82, 2.24) is 20.4 Å². The van der Waals surface area contributed by atoms with Gasteiger partial charge in [0.15, 0.2) is 0 Å². The summed E-state index contributed by atoms with van der Waals surface area (Å²) in [6.07, 6.45) is 0. The summed E-state index contributed by atoms with van der Waals surface area (Å²) in [7, 11) is 2.15. The van der Waals surface area contributed by atoms with Gasteiger partial charge in [-0.3, -0.25) is 4.90 Å². The van der Waals surface area contributed by atoms with Crippen molar-refractivity contribution < 1.29 is 9.90 Å². The number of hydrogen-bond donors (Lipinski definition) is 3. The van der Waals surface area contributed by atoms with Crippen LogP contribution in [0.15, 0.2) is 0 Å². The van der Waals surface area contributed by atoms with Gasteiger partial charge in [0.1, 0.15) is 0 Å². The van der Waals surface area contributed by atoms with Crippen LogP contribution >= 0.6 is 0 Å². The highest BCUT2D eigenvalue weighted by atomic mass is 16.3. The van der Waals surface area contributed by atoms with E-state index in [1.807, 2.05) is 13.8 Å². The zero-order chi connectivity index (χ0) is 17.6. The first-order valence-electron chi connectivity index (χ1n) is 8.80. The third-order valence-electron chi connectivity index (χ3n) is 5.10. The van der Waals surface area contributed by atoms with Crippen LogP contribution in [-0.4, -0.2) is 78.9 Å². The first kappa shape index (κ1) is 20.2. The molecule has 6 nitrogen and oxygen atoms in total. The Morgan fingerprint density at radius 1 is 1.13 bits per heavy atom.